The van der Waals surface area contributed by atoms with Crippen LogP contribution in [0.4, 0.5) is 0 Å². The molecule has 0 bridgehead atoms. The Kier molecular flexibility index (Phi) is 4.08. The van der Waals surface area contributed by atoms with Crippen LogP contribution in [0, 0.1) is 11.3 Å². The van der Waals surface area contributed by atoms with E-state index in [1.54, 1.807) is 0 Å². The number of rotatable bonds is 3. The maximum absolute atomic E-state index is 11.5. The molecule has 3 heteroatoms. The molecule has 0 radical (unpaired) electrons. The topological polar surface area (TPSA) is 46.5 Å². The van der Waals surface area contributed by atoms with E-state index in [1.807, 2.05) is 6.92 Å². The molecule has 1 N–H and O–H groups in total. The second-order valence-electron chi connectivity index (χ2n) is 5.74. The van der Waals surface area contributed by atoms with Gasteiger partial charge in [0.1, 0.15) is 0 Å². The van der Waals surface area contributed by atoms with Crippen LogP contribution in [0.15, 0.2) is 0 Å². The second-order valence-corrected chi connectivity index (χ2v) is 5.74. The van der Waals surface area contributed by atoms with Crippen molar-refractivity contribution in [3.63, 3.8) is 0 Å². The molecule has 0 saturated heterocycles. The molecule has 1 spiro atoms. The lowest BCUT2D eigenvalue weighted by Crippen LogP contribution is -2.36. The quantitative estimate of drug-likeness (QED) is 0.771. The van der Waals surface area contributed by atoms with Crippen LogP contribution in [0.2, 0.25) is 0 Å². The summed E-state index contributed by atoms with van der Waals surface area (Å²) in [5.41, 5.74) is 0.134. The molecule has 1 unspecified atom stereocenters. The second kappa shape index (κ2) is 5.38. The molecule has 0 aromatic rings. The zero-order valence-corrected chi connectivity index (χ0v) is 10.8. The fraction of sp³-hybridized carbons (Fsp3) is 0.929. The minimum atomic E-state index is -0.136. The van der Waals surface area contributed by atoms with Gasteiger partial charge in [0.25, 0.3) is 0 Å². The van der Waals surface area contributed by atoms with Gasteiger partial charge in [-0.05, 0) is 50.4 Å². The lowest BCUT2D eigenvalue weighted by Gasteiger charge is -2.38. The first kappa shape index (κ1) is 12.9. The predicted octanol–water partition coefficient (Wildman–Crippen LogP) is 2.66. The molecule has 2 aliphatic carbocycles. The van der Waals surface area contributed by atoms with Crippen LogP contribution in [0.25, 0.3) is 0 Å². The highest BCUT2D eigenvalue weighted by Gasteiger charge is 2.45. The molecule has 0 amide bonds. The average molecular weight is 240 g/mol. The molecule has 98 valence electrons. The minimum absolute atomic E-state index is 0.0696. The van der Waals surface area contributed by atoms with Crippen molar-refractivity contribution < 1.29 is 14.6 Å². The van der Waals surface area contributed by atoms with E-state index in [0.717, 1.165) is 38.5 Å². The first-order valence-corrected chi connectivity index (χ1v) is 7.00. The molecule has 0 aromatic heterocycles. The molecule has 2 aliphatic rings. The van der Waals surface area contributed by atoms with Crippen LogP contribution >= 0.6 is 0 Å². The Morgan fingerprint density at radius 3 is 2.88 bits per heavy atom. The van der Waals surface area contributed by atoms with Gasteiger partial charge in [-0.2, -0.15) is 0 Å². The third-order valence-electron chi connectivity index (χ3n) is 4.62. The summed E-state index contributed by atoms with van der Waals surface area (Å²) in [6.07, 6.45) is 8.10. The summed E-state index contributed by atoms with van der Waals surface area (Å²) in [7, 11) is 0. The standard InChI is InChI=1S/C14H24O3/c1-2-17-13(16)9-11-6-8-14(10-11)7-4-3-5-12(14)15/h11-12,15H,2-10H2,1H3/t11-,12?,14+/m1/s1. The monoisotopic (exact) mass is 240 g/mol. The van der Waals surface area contributed by atoms with E-state index in [1.165, 1.54) is 6.42 Å². The molecule has 3 atom stereocenters. The number of ether oxygens (including phenoxy) is 1. The fourth-order valence-electron chi connectivity index (χ4n) is 3.72. The van der Waals surface area contributed by atoms with Crippen molar-refractivity contribution in [2.24, 2.45) is 11.3 Å². The maximum Gasteiger partial charge on any atom is 0.306 e. The highest BCUT2D eigenvalue weighted by Crippen LogP contribution is 2.52. The summed E-state index contributed by atoms with van der Waals surface area (Å²) < 4.78 is 5.00. The highest BCUT2D eigenvalue weighted by atomic mass is 16.5. The van der Waals surface area contributed by atoms with E-state index in [0.29, 0.717) is 18.9 Å². The van der Waals surface area contributed by atoms with Crippen molar-refractivity contribution in [1.29, 1.82) is 0 Å². The number of aliphatic hydroxyl groups is 1. The molecular formula is C14H24O3. The Morgan fingerprint density at radius 1 is 1.35 bits per heavy atom. The van der Waals surface area contributed by atoms with Crippen molar-refractivity contribution in [1.82, 2.24) is 0 Å². The van der Waals surface area contributed by atoms with Gasteiger partial charge in [-0.1, -0.05) is 12.8 Å². The lowest BCUT2D eigenvalue weighted by atomic mass is 9.70. The molecule has 2 saturated carbocycles. The Hall–Kier alpha value is -0.570. The number of esters is 1. The minimum Gasteiger partial charge on any atom is -0.466 e. The molecule has 2 rings (SSSR count). The van der Waals surface area contributed by atoms with Gasteiger partial charge in [-0.3, -0.25) is 4.79 Å². The van der Waals surface area contributed by atoms with E-state index in [9.17, 15) is 9.90 Å². The average Bonchev–Trinajstić information content (AvgIpc) is 2.68. The number of hydrogen-bond acceptors (Lipinski definition) is 3. The third-order valence-corrected chi connectivity index (χ3v) is 4.62. The van der Waals surface area contributed by atoms with Crippen molar-refractivity contribution in [2.45, 2.75) is 64.4 Å². The van der Waals surface area contributed by atoms with Crippen LogP contribution < -0.4 is 0 Å². The van der Waals surface area contributed by atoms with Crippen molar-refractivity contribution in [3.05, 3.63) is 0 Å². The van der Waals surface area contributed by atoms with Gasteiger partial charge in [0.2, 0.25) is 0 Å². The van der Waals surface area contributed by atoms with Crippen LogP contribution in [0.1, 0.15) is 58.3 Å². The van der Waals surface area contributed by atoms with Gasteiger partial charge in [0, 0.05) is 6.42 Å². The van der Waals surface area contributed by atoms with Crippen molar-refractivity contribution in [3.8, 4) is 0 Å². The number of carbonyl (C=O) groups is 1. The maximum atomic E-state index is 11.5. The van der Waals surface area contributed by atoms with Crippen LogP contribution in [0.5, 0.6) is 0 Å². The zero-order valence-electron chi connectivity index (χ0n) is 10.8. The summed E-state index contributed by atoms with van der Waals surface area (Å²) in [6.45, 7) is 2.32. The van der Waals surface area contributed by atoms with Gasteiger partial charge in [-0.15, -0.1) is 0 Å². The smallest absolute Gasteiger partial charge is 0.306 e. The zero-order chi connectivity index (χ0) is 12.3. The van der Waals surface area contributed by atoms with Crippen molar-refractivity contribution >= 4 is 5.97 Å². The number of hydrogen-bond donors (Lipinski definition) is 1. The van der Waals surface area contributed by atoms with Gasteiger partial charge < -0.3 is 9.84 Å². The van der Waals surface area contributed by atoms with Crippen LogP contribution in [0.3, 0.4) is 0 Å². The molecular weight excluding hydrogens is 216 g/mol. The van der Waals surface area contributed by atoms with E-state index >= 15 is 0 Å². The van der Waals surface area contributed by atoms with Gasteiger partial charge in [-0.25, -0.2) is 0 Å². The van der Waals surface area contributed by atoms with E-state index in [4.69, 9.17) is 4.74 Å². The Balaban J connectivity index is 1.87. The molecule has 2 fully saturated rings. The Morgan fingerprint density at radius 2 is 2.18 bits per heavy atom. The molecule has 0 aromatic carbocycles. The van der Waals surface area contributed by atoms with Crippen molar-refractivity contribution in [2.75, 3.05) is 6.61 Å². The highest BCUT2D eigenvalue weighted by molar-refractivity contribution is 5.69. The molecule has 0 heterocycles. The fourth-order valence-corrected chi connectivity index (χ4v) is 3.72. The van der Waals surface area contributed by atoms with Crippen LogP contribution in [-0.4, -0.2) is 23.8 Å². The van der Waals surface area contributed by atoms with E-state index in [-0.39, 0.29) is 17.5 Å². The molecule has 0 aliphatic heterocycles. The Labute approximate surface area is 104 Å². The summed E-state index contributed by atoms with van der Waals surface area (Å²) in [5, 5.41) is 10.2. The first-order valence-electron chi connectivity index (χ1n) is 7.00. The normalized spacial score (nSPS) is 37.3. The first-order chi connectivity index (χ1) is 8.16. The summed E-state index contributed by atoms with van der Waals surface area (Å²) in [6, 6.07) is 0. The molecule has 3 nitrogen and oxygen atoms in total. The lowest BCUT2D eigenvalue weighted by molar-refractivity contribution is -0.144. The number of aliphatic hydroxyl groups excluding tert-OH is 1. The largest absolute Gasteiger partial charge is 0.466 e. The van der Waals surface area contributed by atoms with Gasteiger partial charge >= 0.3 is 5.97 Å². The number of carbonyl (C=O) groups excluding carboxylic acids is 1. The van der Waals surface area contributed by atoms with E-state index < -0.39 is 0 Å². The summed E-state index contributed by atoms with van der Waals surface area (Å²) in [4.78, 5) is 11.5. The third kappa shape index (κ3) is 2.82. The summed E-state index contributed by atoms with van der Waals surface area (Å²) in [5.74, 6) is 0.363. The van der Waals surface area contributed by atoms with Crippen LogP contribution in [-0.2, 0) is 9.53 Å². The van der Waals surface area contributed by atoms with Gasteiger partial charge in [0.05, 0.1) is 12.7 Å². The molecule has 17 heavy (non-hydrogen) atoms. The van der Waals surface area contributed by atoms with E-state index in [2.05, 4.69) is 0 Å². The predicted molar refractivity (Wildman–Crippen MR) is 65.5 cm³/mol. The van der Waals surface area contributed by atoms with Gasteiger partial charge in [0.15, 0.2) is 0 Å². The Bertz CT molecular complexity index is 277. The summed E-state index contributed by atoms with van der Waals surface area (Å²) >= 11 is 0. The SMILES string of the molecule is CCOC(=O)C[C@H]1CC[C@@]2(CCCCC2O)C1.